The van der Waals surface area contributed by atoms with Crippen LogP contribution >= 0.6 is 35.4 Å². The second-order valence-corrected chi connectivity index (χ2v) is 5.56. The average Bonchev–Trinajstić information content (AvgIpc) is 2.46. The quantitative estimate of drug-likeness (QED) is 0.824. The first-order chi connectivity index (χ1) is 10.6. The van der Waals surface area contributed by atoms with Crippen LogP contribution < -0.4 is 10.6 Å². The number of anilines is 1. The molecule has 2 N–H and O–H groups in total. The summed E-state index contributed by atoms with van der Waals surface area (Å²) in [6.07, 6.45) is 3.64. The zero-order valence-electron chi connectivity index (χ0n) is 11.3. The summed E-state index contributed by atoms with van der Waals surface area (Å²) in [5.41, 5.74) is 1.19. The predicted octanol–water partition coefficient (Wildman–Crippen LogP) is 3.18. The Morgan fingerprint density at radius 1 is 1.18 bits per heavy atom. The van der Waals surface area contributed by atoms with E-state index in [4.69, 9.17) is 40.7 Å². The number of thiocarbonyl (C=S) groups is 1. The summed E-state index contributed by atoms with van der Waals surface area (Å²) in [4.78, 5) is 7.92. The van der Waals surface area contributed by atoms with E-state index in [0.29, 0.717) is 33.9 Å². The van der Waals surface area contributed by atoms with E-state index in [-0.39, 0.29) is 5.69 Å². The number of aromatic nitrogens is 2. The van der Waals surface area contributed by atoms with Crippen LogP contribution in [-0.4, -0.2) is 21.6 Å². The van der Waals surface area contributed by atoms with Crippen molar-refractivity contribution in [1.82, 2.24) is 15.3 Å². The van der Waals surface area contributed by atoms with E-state index in [1.54, 1.807) is 6.07 Å². The van der Waals surface area contributed by atoms with Crippen molar-refractivity contribution in [2.45, 2.75) is 6.42 Å². The molecule has 0 unspecified atom stereocenters. The lowest BCUT2D eigenvalue weighted by molar-refractivity contribution is 0.872. The molecule has 0 fully saturated rings. The number of hydrogen-bond donors (Lipinski definition) is 2. The van der Waals surface area contributed by atoms with Gasteiger partial charge in [0.2, 0.25) is 0 Å². The second kappa shape index (κ2) is 7.90. The molecule has 0 aliphatic rings. The van der Waals surface area contributed by atoms with Crippen LogP contribution in [0, 0.1) is 11.3 Å². The third-order valence-corrected chi connectivity index (χ3v) is 3.34. The van der Waals surface area contributed by atoms with Crippen LogP contribution in [-0.2, 0) is 6.42 Å². The van der Waals surface area contributed by atoms with Crippen LogP contribution in [0.25, 0.3) is 0 Å². The Morgan fingerprint density at radius 2 is 1.86 bits per heavy atom. The predicted molar refractivity (Wildman–Crippen MR) is 91.1 cm³/mol. The van der Waals surface area contributed by atoms with Crippen molar-refractivity contribution in [3.8, 4) is 6.07 Å². The van der Waals surface area contributed by atoms with Gasteiger partial charge in [0, 0.05) is 29.0 Å². The van der Waals surface area contributed by atoms with Crippen molar-refractivity contribution < 1.29 is 0 Å². The van der Waals surface area contributed by atoms with Gasteiger partial charge in [-0.1, -0.05) is 23.2 Å². The largest absolute Gasteiger partial charge is 0.362 e. The molecule has 112 valence electrons. The number of hydrogen-bond acceptors (Lipinski definition) is 4. The summed E-state index contributed by atoms with van der Waals surface area (Å²) < 4.78 is 0. The van der Waals surface area contributed by atoms with Gasteiger partial charge in [0.25, 0.3) is 0 Å². The molecule has 0 bridgehead atoms. The molecular formula is C14H11Cl2N5S. The molecule has 0 amide bonds. The van der Waals surface area contributed by atoms with Gasteiger partial charge in [-0.2, -0.15) is 5.26 Å². The fourth-order valence-electron chi connectivity index (χ4n) is 1.74. The minimum atomic E-state index is 0.188. The smallest absolute Gasteiger partial charge is 0.183 e. The van der Waals surface area contributed by atoms with Crippen LogP contribution in [0.1, 0.15) is 11.3 Å². The van der Waals surface area contributed by atoms with E-state index in [1.165, 1.54) is 12.4 Å². The minimum Gasteiger partial charge on any atom is -0.362 e. The molecular weight excluding hydrogens is 341 g/mol. The Hall–Kier alpha value is -1.94. The van der Waals surface area contributed by atoms with Crippen LogP contribution in [0.3, 0.4) is 0 Å². The lowest BCUT2D eigenvalue weighted by atomic mass is 10.1. The van der Waals surface area contributed by atoms with Gasteiger partial charge >= 0.3 is 0 Å². The highest BCUT2D eigenvalue weighted by molar-refractivity contribution is 7.80. The van der Waals surface area contributed by atoms with Crippen molar-refractivity contribution in [3.63, 3.8) is 0 Å². The highest BCUT2D eigenvalue weighted by atomic mass is 35.5. The standard InChI is InChI=1S/C14H11Cl2N5S/c15-10-5-9(6-11(16)7-10)1-2-20-14(22)21-13-12(8-17)18-3-4-19-13/h3-7H,1-2H2,(H2,19,20,21,22). The first-order valence-electron chi connectivity index (χ1n) is 6.29. The molecule has 0 spiro atoms. The van der Waals surface area contributed by atoms with Gasteiger partial charge in [-0.05, 0) is 42.4 Å². The zero-order valence-corrected chi connectivity index (χ0v) is 13.6. The highest BCUT2D eigenvalue weighted by Crippen LogP contribution is 2.19. The molecule has 2 rings (SSSR count). The van der Waals surface area contributed by atoms with Gasteiger partial charge < -0.3 is 10.6 Å². The number of rotatable bonds is 4. The van der Waals surface area contributed by atoms with Gasteiger partial charge in [0.1, 0.15) is 6.07 Å². The Labute approximate surface area is 143 Å². The van der Waals surface area contributed by atoms with Gasteiger partial charge in [-0.3, -0.25) is 0 Å². The van der Waals surface area contributed by atoms with E-state index >= 15 is 0 Å². The van der Waals surface area contributed by atoms with E-state index < -0.39 is 0 Å². The Bertz CT molecular complexity index is 709. The van der Waals surface area contributed by atoms with Crippen molar-refractivity contribution in [3.05, 3.63) is 51.9 Å². The maximum atomic E-state index is 8.93. The molecule has 22 heavy (non-hydrogen) atoms. The molecule has 0 radical (unpaired) electrons. The summed E-state index contributed by atoms with van der Waals surface area (Å²) in [5.74, 6) is 0.327. The molecule has 0 atom stereocenters. The van der Waals surface area contributed by atoms with E-state index in [9.17, 15) is 0 Å². The van der Waals surface area contributed by atoms with Crippen LogP contribution in [0.2, 0.25) is 10.0 Å². The van der Waals surface area contributed by atoms with Crippen molar-refractivity contribution >= 4 is 46.4 Å². The minimum absolute atomic E-state index is 0.188. The third-order valence-electron chi connectivity index (χ3n) is 2.66. The van der Waals surface area contributed by atoms with Crippen molar-refractivity contribution in [2.75, 3.05) is 11.9 Å². The molecule has 0 saturated heterocycles. The molecule has 1 heterocycles. The van der Waals surface area contributed by atoms with E-state index in [1.807, 2.05) is 18.2 Å². The second-order valence-electron chi connectivity index (χ2n) is 4.27. The summed E-state index contributed by atoms with van der Waals surface area (Å²) in [6.45, 7) is 0.588. The Balaban J connectivity index is 1.87. The van der Waals surface area contributed by atoms with Gasteiger partial charge in [0.05, 0.1) is 0 Å². The highest BCUT2D eigenvalue weighted by Gasteiger charge is 2.06. The van der Waals surface area contributed by atoms with E-state index in [0.717, 1.165) is 5.56 Å². The monoisotopic (exact) mass is 351 g/mol. The first-order valence-corrected chi connectivity index (χ1v) is 7.46. The van der Waals surface area contributed by atoms with Gasteiger partial charge in [0.15, 0.2) is 16.6 Å². The Morgan fingerprint density at radius 3 is 2.55 bits per heavy atom. The summed E-state index contributed by atoms with van der Waals surface area (Å²) in [7, 11) is 0. The maximum absolute atomic E-state index is 8.93. The number of benzene rings is 1. The number of nitriles is 1. The molecule has 1 aromatic heterocycles. The molecule has 0 saturated carbocycles. The average molecular weight is 352 g/mol. The van der Waals surface area contributed by atoms with Crippen LogP contribution in [0.5, 0.6) is 0 Å². The first kappa shape index (κ1) is 16.4. The van der Waals surface area contributed by atoms with Gasteiger partial charge in [-0.15, -0.1) is 0 Å². The molecule has 2 aromatic rings. The molecule has 0 aliphatic carbocycles. The molecule has 5 nitrogen and oxygen atoms in total. The zero-order chi connectivity index (χ0) is 15.9. The maximum Gasteiger partial charge on any atom is 0.183 e. The van der Waals surface area contributed by atoms with Gasteiger partial charge in [-0.25, -0.2) is 9.97 Å². The summed E-state index contributed by atoms with van der Waals surface area (Å²) in [5, 5.41) is 16.4. The molecule has 8 heteroatoms. The van der Waals surface area contributed by atoms with Crippen LogP contribution in [0.15, 0.2) is 30.6 Å². The molecule has 1 aromatic carbocycles. The summed E-state index contributed by atoms with van der Waals surface area (Å²) >= 11 is 17.0. The lowest BCUT2D eigenvalue weighted by Crippen LogP contribution is -2.30. The van der Waals surface area contributed by atoms with Crippen molar-refractivity contribution in [2.24, 2.45) is 0 Å². The number of halogens is 2. The molecule has 0 aliphatic heterocycles. The SMILES string of the molecule is N#Cc1nccnc1NC(=S)NCCc1cc(Cl)cc(Cl)c1. The number of nitrogens with one attached hydrogen (secondary N) is 2. The van der Waals surface area contributed by atoms with Crippen LogP contribution in [0.4, 0.5) is 5.82 Å². The fourth-order valence-corrected chi connectivity index (χ4v) is 2.51. The third kappa shape index (κ3) is 4.81. The topological polar surface area (TPSA) is 73.6 Å². The Kier molecular flexibility index (Phi) is 5.90. The number of nitrogens with zero attached hydrogens (tertiary/aromatic N) is 3. The summed E-state index contributed by atoms with van der Waals surface area (Å²) in [6, 6.07) is 7.33. The lowest BCUT2D eigenvalue weighted by Gasteiger charge is -2.10. The van der Waals surface area contributed by atoms with E-state index in [2.05, 4.69) is 20.6 Å². The fraction of sp³-hybridized carbons (Fsp3) is 0.143. The van der Waals surface area contributed by atoms with Crippen molar-refractivity contribution in [1.29, 1.82) is 5.26 Å². The normalized spacial score (nSPS) is 9.86.